The van der Waals surface area contributed by atoms with Crippen LogP contribution in [0.1, 0.15) is 46.8 Å². The minimum atomic E-state index is -0.0854. The van der Waals surface area contributed by atoms with E-state index in [0.717, 1.165) is 22.6 Å². The summed E-state index contributed by atoms with van der Waals surface area (Å²) in [5, 5.41) is 0. The van der Waals surface area contributed by atoms with Crippen molar-refractivity contribution in [1.82, 2.24) is 0 Å². The molecule has 0 heterocycles. The smallest absolute Gasteiger partial charge is 0.185 e. The molecule has 31 heavy (non-hydrogen) atoms. The summed E-state index contributed by atoms with van der Waals surface area (Å²) in [5.41, 5.74) is 3.66. The largest absolute Gasteiger partial charge is 0.497 e. The molecule has 0 amide bonds. The van der Waals surface area contributed by atoms with Crippen molar-refractivity contribution in [2.45, 2.75) is 26.4 Å². The molecule has 0 saturated carbocycles. The van der Waals surface area contributed by atoms with Crippen molar-refractivity contribution in [3.63, 3.8) is 0 Å². The minimum Gasteiger partial charge on any atom is -0.497 e. The number of hydrogen-bond donors (Lipinski definition) is 0. The van der Waals surface area contributed by atoms with Gasteiger partial charge in [0.1, 0.15) is 23.9 Å². The van der Waals surface area contributed by atoms with Crippen LogP contribution in [0.25, 0.3) is 6.08 Å². The van der Waals surface area contributed by atoms with Gasteiger partial charge in [-0.15, -0.1) is 0 Å². The Labute approximate surface area is 184 Å². The maximum atomic E-state index is 12.5. The third-order valence-corrected chi connectivity index (χ3v) is 5.03. The number of rotatable bonds is 9. The lowest BCUT2D eigenvalue weighted by atomic mass is 10.0. The minimum absolute atomic E-state index is 0.0854. The van der Waals surface area contributed by atoms with E-state index in [4.69, 9.17) is 14.2 Å². The molecule has 4 heteroatoms. The quantitative estimate of drug-likeness (QED) is 0.303. The first-order valence-corrected chi connectivity index (χ1v) is 10.3. The van der Waals surface area contributed by atoms with Crippen molar-refractivity contribution in [3.8, 4) is 17.2 Å². The van der Waals surface area contributed by atoms with E-state index >= 15 is 0 Å². The van der Waals surface area contributed by atoms with E-state index < -0.39 is 0 Å². The van der Waals surface area contributed by atoms with Gasteiger partial charge in [0, 0.05) is 11.1 Å². The lowest BCUT2D eigenvalue weighted by molar-refractivity contribution is 0.104. The number of allylic oxidation sites excluding steroid dienone is 1. The Bertz CT molecular complexity index is 1050. The van der Waals surface area contributed by atoms with E-state index in [1.54, 1.807) is 44.6 Å². The van der Waals surface area contributed by atoms with Crippen LogP contribution in [0, 0.1) is 0 Å². The Hall–Kier alpha value is -3.53. The highest BCUT2D eigenvalue weighted by molar-refractivity contribution is 6.07. The number of carbonyl (C=O) groups excluding carboxylic acids is 1. The summed E-state index contributed by atoms with van der Waals surface area (Å²) in [6.07, 6.45) is 3.36. The molecule has 0 unspecified atom stereocenters. The Kier molecular flexibility index (Phi) is 7.50. The Balaban J connectivity index is 1.72. The van der Waals surface area contributed by atoms with E-state index in [9.17, 15) is 4.79 Å². The molecule has 0 radical (unpaired) electrons. The lowest BCUT2D eigenvalue weighted by Gasteiger charge is -2.12. The maximum absolute atomic E-state index is 12.5. The van der Waals surface area contributed by atoms with Crippen molar-refractivity contribution in [3.05, 3.63) is 95.1 Å². The maximum Gasteiger partial charge on any atom is 0.185 e. The first kappa shape index (κ1) is 22.2. The topological polar surface area (TPSA) is 44.8 Å². The first-order chi connectivity index (χ1) is 15.0. The molecule has 0 fully saturated rings. The van der Waals surface area contributed by atoms with Gasteiger partial charge in [0.15, 0.2) is 5.78 Å². The third-order valence-electron chi connectivity index (χ3n) is 5.03. The summed E-state index contributed by atoms with van der Waals surface area (Å²) >= 11 is 0. The van der Waals surface area contributed by atoms with Crippen molar-refractivity contribution in [1.29, 1.82) is 0 Å². The third kappa shape index (κ3) is 5.98. The molecule has 0 aliphatic carbocycles. The van der Waals surface area contributed by atoms with Gasteiger partial charge in [0.2, 0.25) is 0 Å². The van der Waals surface area contributed by atoms with E-state index in [1.807, 2.05) is 36.4 Å². The standard InChI is InChI=1S/C27H28O4/c1-19(2)21-10-12-24(13-11-21)31-18-23-16-20(9-15-27(23)30-4)8-14-26(28)22-6-5-7-25(17-22)29-3/h5-17,19H,18H2,1-4H3/b14-8+. The summed E-state index contributed by atoms with van der Waals surface area (Å²) in [5.74, 6) is 2.61. The summed E-state index contributed by atoms with van der Waals surface area (Å²) in [6, 6.07) is 21.0. The van der Waals surface area contributed by atoms with Crippen LogP contribution in [0.15, 0.2) is 72.8 Å². The summed E-state index contributed by atoms with van der Waals surface area (Å²) < 4.78 is 16.6. The second kappa shape index (κ2) is 10.5. The van der Waals surface area contributed by atoms with Gasteiger partial charge < -0.3 is 14.2 Å². The van der Waals surface area contributed by atoms with Crippen molar-refractivity contribution in [2.75, 3.05) is 14.2 Å². The number of ether oxygens (including phenoxy) is 3. The lowest BCUT2D eigenvalue weighted by Crippen LogP contribution is -2.00. The zero-order valence-corrected chi connectivity index (χ0v) is 18.4. The molecule has 4 nitrogen and oxygen atoms in total. The van der Waals surface area contributed by atoms with Crippen molar-refractivity contribution >= 4 is 11.9 Å². The fourth-order valence-electron chi connectivity index (χ4n) is 3.17. The van der Waals surface area contributed by atoms with E-state index in [0.29, 0.717) is 23.8 Å². The number of ketones is 1. The predicted molar refractivity (Wildman–Crippen MR) is 124 cm³/mol. The van der Waals surface area contributed by atoms with Gasteiger partial charge in [0.05, 0.1) is 14.2 Å². The molecule has 0 bridgehead atoms. The van der Waals surface area contributed by atoms with Gasteiger partial charge in [-0.3, -0.25) is 4.79 Å². The number of carbonyl (C=O) groups is 1. The molecule has 0 N–H and O–H groups in total. The fourth-order valence-corrected chi connectivity index (χ4v) is 3.17. The van der Waals surface area contributed by atoms with Crippen LogP contribution in [0.3, 0.4) is 0 Å². The van der Waals surface area contributed by atoms with E-state index in [1.165, 1.54) is 5.56 Å². The molecule has 160 valence electrons. The molecular weight excluding hydrogens is 388 g/mol. The van der Waals surface area contributed by atoms with Gasteiger partial charge in [-0.1, -0.05) is 50.3 Å². The highest BCUT2D eigenvalue weighted by atomic mass is 16.5. The molecule has 0 atom stereocenters. The second-order valence-corrected chi connectivity index (χ2v) is 7.51. The number of hydrogen-bond acceptors (Lipinski definition) is 4. The SMILES string of the molecule is COc1cccc(C(=O)/C=C/c2ccc(OC)c(COc3ccc(C(C)C)cc3)c2)c1. The second-order valence-electron chi connectivity index (χ2n) is 7.51. The average Bonchev–Trinajstić information content (AvgIpc) is 2.81. The highest BCUT2D eigenvalue weighted by Gasteiger charge is 2.07. The predicted octanol–water partition coefficient (Wildman–Crippen LogP) is 6.30. The van der Waals surface area contributed by atoms with E-state index in [2.05, 4.69) is 26.0 Å². The van der Waals surface area contributed by atoms with Crippen molar-refractivity contribution in [2.24, 2.45) is 0 Å². The highest BCUT2D eigenvalue weighted by Crippen LogP contribution is 2.24. The van der Waals surface area contributed by atoms with Crippen LogP contribution in [-0.4, -0.2) is 20.0 Å². The Morgan fingerprint density at radius 2 is 1.68 bits per heavy atom. The molecule has 0 aliphatic heterocycles. The van der Waals surface area contributed by atoms with Gasteiger partial charge in [0.25, 0.3) is 0 Å². The summed E-state index contributed by atoms with van der Waals surface area (Å²) in [4.78, 5) is 12.5. The van der Waals surface area contributed by atoms with Gasteiger partial charge in [-0.25, -0.2) is 0 Å². The summed E-state index contributed by atoms with van der Waals surface area (Å²) in [6.45, 7) is 4.70. The van der Waals surface area contributed by atoms with Gasteiger partial charge >= 0.3 is 0 Å². The Morgan fingerprint density at radius 1 is 0.903 bits per heavy atom. The Morgan fingerprint density at radius 3 is 2.35 bits per heavy atom. The van der Waals surface area contributed by atoms with Gasteiger partial charge in [-0.2, -0.15) is 0 Å². The fraction of sp³-hybridized carbons (Fsp3) is 0.222. The summed E-state index contributed by atoms with van der Waals surface area (Å²) in [7, 11) is 3.22. The monoisotopic (exact) mass is 416 g/mol. The van der Waals surface area contributed by atoms with Crippen LogP contribution in [0.2, 0.25) is 0 Å². The zero-order valence-electron chi connectivity index (χ0n) is 18.4. The van der Waals surface area contributed by atoms with Crippen LogP contribution < -0.4 is 14.2 Å². The average molecular weight is 417 g/mol. The molecule has 0 saturated heterocycles. The van der Waals surface area contributed by atoms with Gasteiger partial charge in [-0.05, 0) is 59.5 Å². The van der Waals surface area contributed by atoms with Crippen LogP contribution in [0.5, 0.6) is 17.2 Å². The number of benzene rings is 3. The molecule has 3 rings (SSSR count). The van der Waals surface area contributed by atoms with Crippen LogP contribution in [-0.2, 0) is 6.61 Å². The molecule has 0 aliphatic rings. The molecule has 0 aromatic heterocycles. The molecule has 0 spiro atoms. The molecular formula is C27H28O4. The van der Waals surface area contributed by atoms with Crippen LogP contribution in [0.4, 0.5) is 0 Å². The van der Waals surface area contributed by atoms with E-state index in [-0.39, 0.29) is 5.78 Å². The molecule has 3 aromatic rings. The normalized spacial score (nSPS) is 11.0. The zero-order chi connectivity index (χ0) is 22.2. The van der Waals surface area contributed by atoms with Crippen molar-refractivity contribution < 1.29 is 19.0 Å². The molecule has 3 aromatic carbocycles. The first-order valence-electron chi connectivity index (χ1n) is 10.3. The van der Waals surface area contributed by atoms with Crippen LogP contribution >= 0.6 is 0 Å². The number of methoxy groups -OCH3 is 2.